The van der Waals surface area contributed by atoms with Crippen molar-refractivity contribution in [3.05, 3.63) is 143 Å². The maximum atomic E-state index is 13.3. The molecule has 212 valence electrons. The number of nitrogens with one attached hydrogen (secondary N) is 2. The summed E-state index contributed by atoms with van der Waals surface area (Å²) in [6, 6.07) is 37.0. The van der Waals surface area contributed by atoms with Gasteiger partial charge >= 0.3 is 5.97 Å². The van der Waals surface area contributed by atoms with Gasteiger partial charge in [-0.3, -0.25) is 4.79 Å². The van der Waals surface area contributed by atoms with Crippen molar-refractivity contribution in [1.29, 1.82) is 5.26 Å². The molecule has 0 heterocycles. The van der Waals surface area contributed by atoms with E-state index in [1.165, 1.54) is 6.07 Å². The number of carbonyl (C=O) groups is 2. The molecule has 5 rings (SSSR count). The Kier molecular flexibility index (Phi) is 9.01. The van der Waals surface area contributed by atoms with Crippen LogP contribution in [0.5, 0.6) is 11.5 Å². The number of aliphatic carboxylic acids is 1. The molecule has 0 aliphatic carbocycles. The highest BCUT2D eigenvalue weighted by atomic mass is 35.5. The first-order chi connectivity index (χ1) is 20.9. The van der Waals surface area contributed by atoms with Gasteiger partial charge in [0.1, 0.15) is 17.5 Å². The summed E-state index contributed by atoms with van der Waals surface area (Å²) in [5.41, 5.74) is 4.32. The molecule has 43 heavy (non-hydrogen) atoms. The van der Waals surface area contributed by atoms with E-state index < -0.39 is 17.9 Å². The second-order valence-corrected chi connectivity index (χ2v) is 10.1. The Labute approximate surface area is 254 Å². The summed E-state index contributed by atoms with van der Waals surface area (Å²) in [5.74, 6) is -0.331. The summed E-state index contributed by atoms with van der Waals surface area (Å²) in [6.45, 7) is 0. The van der Waals surface area contributed by atoms with E-state index in [9.17, 15) is 14.7 Å². The van der Waals surface area contributed by atoms with E-state index in [0.29, 0.717) is 27.7 Å². The van der Waals surface area contributed by atoms with Crippen LogP contribution in [0.1, 0.15) is 21.5 Å². The number of carboxylic acid groups (broad SMARTS) is 1. The number of amides is 1. The highest BCUT2D eigenvalue weighted by molar-refractivity contribution is 6.31. The number of ether oxygens (including phenoxy) is 1. The molecular weight excluding hydrogens is 562 g/mol. The van der Waals surface area contributed by atoms with Crippen LogP contribution in [0.15, 0.2) is 121 Å². The SMILES string of the molecule is N#Cc1ccc(Nc2ccc(Cl)cc2C(=O)N[C@@H](Cc2ccc(-c3ccccc3Oc3ccccc3)cc2)C(=O)O)cc1. The number of anilines is 2. The first kappa shape index (κ1) is 28.9. The standard InChI is InChI=1S/C35H26ClN3O4/c36-26-16-19-31(38-27-17-12-24(22-37)13-18-27)30(21-26)34(40)39-32(35(41)42)20-23-10-14-25(15-11-23)29-8-4-5-9-33(29)43-28-6-2-1-3-7-28/h1-19,21,32,38H,20H2,(H,39,40)(H,41,42)/t32-/m0/s1. The summed E-state index contributed by atoms with van der Waals surface area (Å²) in [7, 11) is 0. The zero-order valence-corrected chi connectivity index (χ0v) is 23.6. The molecule has 0 aliphatic heterocycles. The predicted octanol–water partition coefficient (Wildman–Crippen LogP) is 7.84. The Balaban J connectivity index is 1.31. The normalized spacial score (nSPS) is 11.2. The fourth-order valence-corrected chi connectivity index (χ4v) is 4.67. The maximum Gasteiger partial charge on any atom is 0.326 e. The number of rotatable bonds is 10. The maximum absolute atomic E-state index is 13.3. The second kappa shape index (κ2) is 13.4. The Morgan fingerprint density at radius 1 is 0.860 bits per heavy atom. The lowest BCUT2D eigenvalue weighted by Gasteiger charge is -2.18. The van der Waals surface area contributed by atoms with Crippen molar-refractivity contribution < 1.29 is 19.4 Å². The lowest BCUT2D eigenvalue weighted by atomic mass is 9.99. The van der Waals surface area contributed by atoms with E-state index in [-0.39, 0.29) is 12.0 Å². The van der Waals surface area contributed by atoms with Crippen molar-refractivity contribution in [1.82, 2.24) is 5.32 Å². The van der Waals surface area contributed by atoms with E-state index in [2.05, 4.69) is 16.7 Å². The summed E-state index contributed by atoms with van der Waals surface area (Å²) >= 11 is 6.18. The van der Waals surface area contributed by atoms with E-state index in [4.69, 9.17) is 21.6 Å². The molecule has 0 bridgehead atoms. The highest BCUT2D eigenvalue weighted by Gasteiger charge is 2.23. The molecule has 0 spiro atoms. The van der Waals surface area contributed by atoms with Crippen LogP contribution in [0.3, 0.4) is 0 Å². The fourth-order valence-electron chi connectivity index (χ4n) is 4.50. The minimum Gasteiger partial charge on any atom is -0.480 e. The van der Waals surface area contributed by atoms with Gasteiger partial charge in [-0.05, 0) is 71.8 Å². The molecule has 3 N–H and O–H groups in total. The van der Waals surface area contributed by atoms with Crippen LogP contribution in [0, 0.1) is 11.3 Å². The molecule has 0 saturated carbocycles. The minimum atomic E-state index is -1.19. The van der Waals surface area contributed by atoms with Crippen molar-refractivity contribution in [2.75, 3.05) is 5.32 Å². The number of para-hydroxylation sites is 2. The lowest BCUT2D eigenvalue weighted by Crippen LogP contribution is -2.42. The van der Waals surface area contributed by atoms with E-state index in [1.807, 2.05) is 78.9 Å². The van der Waals surface area contributed by atoms with E-state index >= 15 is 0 Å². The van der Waals surface area contributed by atoms with Gasteiger partial charge in [0.05, 0.1) is 22.9 Å². The predicted molar refractivity (Wildman–Crippen MR) is 167 cm³/mol. The van der Waals surface area contributed by atoms with Gasteiger partial charge in [0.25, 0.3) is 5.91 Å². The summed E-state index contributed by atoms with van der Waals surface area (Å²) in [5, 5.41) is 25.1. The second-order valence-electron chi connectivity index (χ2n) is 9.68. The molecule has 0 aromatic heterocycles. The molecule has 1 atom stereocenters. The number of hydrogen-bond donors (Lipinski definition) is 3. The van der Waals surface area contributed by atoms with E-state index in [0.717, 1.165) is 22.4 Å². The third-order valence-corrected chi connectivity index (χ3v) is 6.92. The molecule has 5 aromatic rings. The number of nitrogens with zero attached hydrogens (tertiary/aromatic N) is 1. The Morgan fingerprint density at radius 2 is 1.56 bits per heavy atom. The molecule has 0 unspecified atom stereocenters. The molecule has 0 saturated heterocycles. The van der Waals surface area contributed by atoms with Gasteiger partial charge < -0.3 is 20.5 Å². The number of carbonyl (C=O) groups excluding carboxylic acids is 1. The van der Waals surface area contributed by atoms with Crippen LogP contribution in [-0.2, 0) is 11.2 Å². The molecule has 0 fully saturated rings. The van der Waals surface area contributed by atoms with Gasteiger partial charge in [-0.2, -0.15) is 5.26 Å². The lowest BCUT2D eigenvalue weighted by molar-refractivity contribution is -0.139. The molecule has 0 radical (unpaired) electrons. The first-order valence-electron chi connectivity index (χ1n) is 13.4. The molecule has 5 aromatic carbocycles. The van der Waals surface area contributed by atoms with Gasteiger partial charge in [0, 0.05) is 22.7 Å². The smallest absolute Gasteiger partial charge is 0.326 e. The number of nitriles is 1. The van der Waals surface area contributed by atoms with Crippen LogP contribution in [0.2, 0.25) is 5.02 Å². The zero-order chi connectivity index (χ0) is 30.2. The van der Waals surface area contributed by atoms with Crippen molar-refractivity contribution >= 4 is 34.9 Å². The summed E-state index contributed by atoms with van der Waals surface area (Å²) < 4.78 is 6.09. The van der Waals surface area contributed by atoms with Crippen molar-refractivity contribution in [2.45, 2.75) is 12.5 Å². The zero-order valence-electron chi connectivity index (χ0n) is 22.8. The van der Waals surface area contributed by atoms with Crippen molar-refractivity contribution in [3.8, 4) is 28.7 Å². The quantitative estimate of drug-likeness (QED) is 0.153. The average Bonchev–Trinajstić information content (AvgIpc) is 3.03. The van der Waals surface area contributed by atoms with Crippen LogP contribution in [-0.4, -0.2) is 23.0 Å². The van der Waals surface area contributed by atoms with Crippen molar-refractivity contribution in [2.24, 2.45) is 0 Å². The van der Waals surface area contributed by atoms with Crippen molar-refractivity contribution in [3.63, 3.8) is 0 Å². The number of halogens is 1. The summed E-state index contributed by atoms with van der Waals surface area (Å²) in [6.07, 6.45) is 0.0719. The van der Waals surface area contributed by atoms with Gasteiger partial charge in [0.15, 0.2) is 0 Å². The first-order valence-corrected chi connectivity index (χ1v) is 13.8. The van der Waals surface area contributed by atoms with Crippen LogP contribution >= 0.6 is 11.6 Å². The fraction of sp³-hybridized carbons (Fsp3) is 0.0571. The summed E-state index contributed by atoms with van der Waals surface area (Å²) in [4.78, 5) is 25.5. The van der Waals surface area contributed by atoms with Crippen LogP contribution in [0.25, 0.3) is 11.1 Å². The molecule has 0 aliphatic rings. The third-order valence-electron chi connectivity index (χ3n) is 6.69. The Morgan fingerprint density at radius 3 is 2.26 bits per heavy atom. The van der Waals surface area contributed by atoms with Crippen LogP contribution in [0.4, 0.5) is 11.4 Å². The Hall–Kier alpha value is -5.58. The van der Waals surface area contributed by atoms with E-state index in [1.54, 1.807) is 36.4 Å². The Bertz CT molecular complexity index is 1780. The van der Waals surface area contributed by atoms with Gasteiger partial charge in [-0.25, -0.2) is 4.79 Å². The number of benzene rings is 5. The minimum absolute atomic E-state index is 0.0719. The van der Waals surface area contributed by atoms with Crippen LogP contribution < -0.4 is 15.4 Å². The van der Waals surface area contributed by atoms with Gasteiger partial charge in [0.2, 0.25) is 0 Å². The molecular formula is C35H26ClN3O4. The number of carboxylic acids is 1. The molecule has 8 heteroatoms. The van der Waals surface area contributed by atoms with Gasteiger partial charge in [-0.1, -0.05) is 72.3 Å². The topological polar surface area (TPSA) is 111 Å². The third kappa shape index (κ3) is 7.39. The molecule has 1 amide bonds. The number of hydrogen-bond acceptors (Lipinski definition) is 5. The average molecular weight is 588 g/mol. The molecule has 7 nitrogen and oxygen atoms in total. The van der Waals surface area contributed by atoms with Gasteiger partial charge in [-0.15, -0.1) is 0 Å². The largest absolute Gasteiger partial charge is 0.480 e. The highest BCUT2D eigenvalue weighted by Crippen LogP contribution is 2.33. The monoisotopic (exact) mass is 587 g/mol.